The van der Waals surface area contributed by atoms with E-state index in [0.717, 1.165) is 5.75 Å². The summed E-state index contributed by atoms with van der Waals surface area (Å²) in [6.07, 6.45) is -0.446. The summed E-state index contributed by atoms with van der Waals surface area (Å²) in [5.74, 6) is 0.594. The van der Waals surface area contributed by atoms with E-state index in [4.69, 9.17) is 15.2 Å². The highest BCUT2D eigenvalue weighted by Crippen LogP contribution is 2.10. The average molecular weight is 353 g/mol. The zero-order valence-electron chi connectivity index (χ0n) is 15.9. The van der Waals surface area contributed by atoms with Gasteiger partial charge in [0.25, 0.3) is 0 Å². The fourth-order valence-electron chi connectivity index (χ4n) is 1.38. The van der Waals surface area contributed by atoms with Crippen molar-refractivity contribution in [1.82, 2.24) is 0 Å². The molecule has 1 amide bonds. The maximum atomic E-state index is 10.9. The standard InChI is InChI=1S/C12H16O3.C5H11NO2.C2H4/c1-3-12(13)14-9-10(2)15-11-7-5-4-6-8-11;1-5(2,3)8-4(6)7;1-2/h4-8,10H,3,9H2,1-2H3;1-3H3,(H2,6,7);1-2H2. The Balaban J connectivity index is 0. The first-order valence-corrected chi connectivity index (χ1v) is 7.99. The van der Waals surface area contributed by atoms with Crippen LogP contribution in [-0.2, 0) is 14.3 Å². The van der Waals surface area contributed by atoms with E-state index < -0.39 is 11.7 Å². The first-order chi connectivity index (χ1) is 11.6. The van der Waals surface area contributed by atoms with Gasteiger partial charge in [0.2, 0.25) is 0 Å². The van der Waals surface area contributed by atoms with E-state index in [-0.39, 0.29) is 12.1 Å². The second kappa shape index (κ2) is 13.9. The second-order valence-corrected chi connectivity index (χ2v) is 5.81. The molecule has 2 N–H and O–H groups in total. The van der Waals surface area contributed by atoms with Crippen LogP contribution in [-0.4, -0.2) is 30.4 Å². The van der Waals surface area contributed by atoms with Crippen LogP contribution >= 0.6 is 0 Å². The average Bonchev–Trinajstić information content (AvgIpc) is 2.53. The van der Waals surface area contributed by atoms with Crippen LogP contribution in [0.1, 0.15) is 41.0 Å². The fourth-order valence-corrected chi connectivity index (χ4v) is 1.38. The van der Waals surface area contributed by atoms with E-state index in [2.05, 4.69) is 17.9 Å². The van der Waals surface area contributed by atoms with Crippen LogP contribution in [0, 0.1) is 0 Å². The lowest BCUT2D eigenvalue weighted by Gasteiger charge is -2.16. The Bertz CT molecular complexity index is 482. The maximum absolute atomic E-state index is 10.9. The van der Waals surface area contributed by atoms with E-state index >= 15 is 0 Å². The lowest BCUT2D eigenvalue weighted by atomic mass is 10.2. The van der Waals surface area contributed by atoms with Crippen molar-refractivity contribution in [2.24, 2.45) is 5.73 Å². The van der Waals surface area contributed by atoms with Gasteiger partial charge in [0.1, 0.15) is 24.1 Å². The van der Waals surface area contributed by atoms with Crippen molar-refractivity contribution in [3.8, 4) is 5.75 Å². The summed E-state index contributed by atoms with van der Waals surface area (Å²) in [7, 11) is 0. The van der Waals surface area contributed by atoms with Gasteiger partial charge in [0, 0.05) is 6.42 Å². The number of ether oxygens (including phenoxy) is 3. The van der Waals surface area contributed by atoms with Gasteiger partial charge in [-0.25, -0.2) is 4.79 Å². The molecule has 0 fully saturated rings. The summed E-state index contributed by atoms with van der Waals surface area (Å²) in [6, 6.07) is 9.48. The topological polar surface area (TPSA) is 87.9 Å². The Kier molecular flexibility index (Phi) is 13.8. The highest BCUT2D eigenvalue weighted by molar-refractivity contribution is 5.68. The zero-order valence-corrected chi connectivity index (χ0v) is 15.9. The van der Waals surface area contributed by atoms with Gasteiger partial charge < -0.3 is 19.9 Å². The van der Waals surface area contributed by atoms with E-state index in [1.165, 1.54) is 0 Å². The summed E-state index contributed by atoms with van der Waals surface area (Å²) in [4.78, 5) is 20.9. The SMILES string of the molecule is C=C.CC(C)(C)OC(N)=O.CCC(=O)OCC(C)Oc1ccccc1. The summed E-state index contributed by atoms with van der Waals surface area (Å²) < 4.78 is 15.1. The van der Waals surface area contributed by atoms with Crippen LogP contribution in [0.4, 0.5) is 4.79 Å². The quantitative estimate of drug-likeness (QED) is 0.636. The van der Waals surface area contributed by atoms with Crippen molar-refractivity contribution >= 4 is 12.1 Å². The molecule has 0 heterocycles. The summed E-state index contributed by atoms with van der Waals surface area (Å²) in [5.41, 5.74) is 4.26. The molecule has 6 heteroatoms. The number of rotatable bonds is 5. The molecule has 0 aromatic heterocycles. The molecule has 1 rings (SSSR count). The molecule has 142 valence electrons. The smallest absolute Gasteiger partial charge is 0.405 e. The molecule has 0 aliphatic rings. The predicted molar refractivity (Wildman–Crippen MR) is 99.5 cm³/mol. The van der Waals surface area contributed by atoms with Gasteiger partial charge in [-0.2, -0.15) is 0 Å². The van der Waals surface area contributed by atoms with Crippen LogP contribution in [0.2, 0.25) is 0 Å². The Morgan fingerprint density at radius 2 is 1.68 bits per heavy atom. The van der Waals surface area contributed by atoms with Crippen molar-refractivity contribution in [2.45, 2.75) is 52.7 Å². The van der Waals surface area contributed by atoms with Gasteiger partial charge in [-0.1, -0.05) is 25.1 Å². The largest absolute Gasteiger partial charge is 0.487 e. The number of esters is 1. The van der Waals surface area contributed by atoms with Crippen molar-refractivity contribution in [3.63, 3.8) is 0 Å². The maximum Gasteiger partial charge on any atom is 0.405 e. The second-order valence-electron chi connectivity index (χ2n) is 5.81. The van der Waals surface area contributed by atoms with Gasteiger partial charge in [0.15, 0.2) is 0 Å². The lowest BCUT2D eigenvalue weighted by molar-refractivity contribution is -0.145. The normalized spacial score (nSPS) is 10.8. The first-order valence-electron chi connectivity index (χ1n) is 7.99. The van der Waals surface area contributed by atoms with Crippen LogP contribution < -0.4 is 10.5 Å². The number of benzene rings is 1. The lowest BCUT2D eigenvalue weighted by Crippen LogP contribution is -2.27. The number of carbonyl (C=O) groups is 2. The molecule has 0 saturated carbocycles. The predicted octanol–water partition coefficient (Wildman–Crippen LogP) is 4.09. The minimum atomic E-state index is -0.725. The molecule has 1 aromatic rings. The number of para-hydroxylation sites is 1. The first kappa shape index (κ1) is 24.7. The molecular formula is C19H31NO5. The molecular weight excluding hydrogens is 322 g/mol. The molecule has 0 bridgehead atoms. The number of hydrogen-bond acceptors (Lipinski definition) is 5. The summed E-state index contributed by atoms with van der Waals surface area (Å²) in [5, 5.41) is 0. The molecule has 0 radical (unpaired) electrons. The van der Waals surface area contributed by atoms with Gasteiger partial charge in [-0.3, -0.25) is 4.79 Å². The van der Waals surface area contributed by atoms with Crippen LogP contribution in [0.15, 0.2) is 43.5 Å². The highest BCUT2D eigenvalue weighted by Gasteiger charge is 2.12. The molecule has 1 aromatic carbocycles. The van der Waals surface area contributed by atoms with Crippen LogP contribution in [0.25, 0.3) is 0 Å². The highest BCUT2D eigenvalue weighted by atomic mass is 16.6. The molecule has 0 saturated heterocycles. The van der Waals surface area contributed by atoms with E-state index in [1.807, 2.05) is 37.3 Å². The third-order valence-corrected chi connectivity index (χ3v) is 2.25. The summed E-state index contributed by atoms with van der Waals surface area (Å²) >= 11 is 0. The fraction of sp³-hybridized carbons (Fsp3) is 0.474. The van der Waals surface area contributed by atoms with Gasteiger partial charge in [-0.05, 0) is 39.8 Å². The van der Waals surface area contributed by atoms with Gasteiger partial charge in [0.05, 0.1) is 0 Å². The van der Waals surface area contributed by atoms with Gasteiger partial charge in [-0.15, -0.1) is 13.2 Å². The van der Waals surface area contributed by atoms with Crippen molar-refractivity contribution in [1.29, 1.82) is 0 Å². The monoisotopic (exact) mass is 353 g/mol. The van der Waals surface area contributed by atoms with Crippen LogP contribution in [0.3, 0.4) is 0 Å². The molecule has 1 atom stereocenters. The third-order valence-electron chi connectivity index (χ3n) is 2.25. The minimum Gasteiger partial charge on any atom is -0.487 e. The molecule has 0 aliphatic heterocycles. The van der Waals surface area contributed by atoms with E-state index in [0.29, 0.717) is 13.0 Å². The zero-order chi connectivity index (χ0) is 19.9. The molecule has 0 spiro atoms. The third kappa shape index (κ3) is 17.7. The Labute approximate surface area is 151 Å². The van der Waals surface area contributed by atoms with E-state index in [1.54, 1.807) is 27.7 Å². The van der Waals surface area contributed by atoms with Crippen molar-refractivity contribution in [3.05, 3.63) is 43.5 Å². The number of hydrogen-bond donors (Lipinski definition) is 1. The Hall–Kier alpha value is -2.50. The molecule has 1 unspecified atom stereocenters. The Morgan fingerprint density at radius 1 is 1.16 bits per heavy atom. The number of amides is 1. The number of nitrogens with two attached hydrogens (primary N) is 1. The Morgan fingerprint density at radius 3 is 2.04 bits per heavy atom. The van der Waals surface area contributed by atoms with E-state index in [9.17, 15) is 9.59 Å². The molecule has 0 aliphatic carbocycles. The molecule has 6 nitrogen and oxygen atoms in total. The van der Waals surface area contributed by atoms with Gasteiger partial charge >= 0.3 is 12.1 Å². The number of primary amides is 1. The summed E-state index contributed by atoms with van der Waals surface area (Å²) in [6.45, 7) is 15.2. The molecule has 25 heavy (non-hydrogen) atoms. The van der Waals surface area contributed by atoms with Crippen molar-refractivity contribution in [2.75, 3.05) is 6.61 Å². The minimum absolute atomic E-state index is 0.122. The van der Waals surface area contributed by atoms with Crippen molar-refractivity contribution < 1.29 is 23.8 Å². The number of carbonyl (C=O) groups excluding carboxylic acids is 2. The van der Waals surface area contributed by atoms with Crippen LogP contribution in [0.5, 0.6) is 5.75 Å².